The van der Waals surface area contributed by atoms with Gasteiger partial charge in [-0.25, -0.2) is 0 Å². The van der Waals surface area contributed by atoms with E-state index in [4.69, 9.17) is 29.4 Å². The van der Waals surface area contributed by atoms with Gasteiger partial charge in [0.1, 0.15) is 36.6 Å². The highest BCUT2D eigenvalue weighted by Gasteiger charge is 2.52. The fraction of sp³-hybridized carbons (Fsp3) is 0.686. The number of nitrogens with two attached hydrogens (primary N) is 1. The van der Waals surface area contributed by atoms with Crippen molar-refractivity contribution in [3.63, 3.8) is 0 Å². The Bertz CT molecular complexity index is 1920. The highest BCUT2D eigenvalue weighted by atomic mass is 16.7. The summed E-state index contributed by atoms with van der Waals surface area (Å²) in [7, 11) is 0. The van der Waals surface area contributed by atoms with Crippen molar-refractivity contribution in [3.05, 3.63) is 85.1 Å². The summed E-state index contributed by atoms with van der Waals surface area (Å²) >= 11 is 0. The summed E-state index contributed by atoms with van der Waals surface area (Å²) in [5.41, 5.74) is 6.00. The number of aliphatic hydroxyl groups excluding tert-OH is 13. The summed E-state index contributed by atoms with van der Waals surface area (Å²) in [6.45, 7) is 2.30. The lowest BCUT2D eigenvalue weighted by atomic mass is 9.81. The van der Waals surface area contributed by atoms with Gasteiger partial charge in [0, 0.05) is 38.0 Å². The maximum absolute atomic E-state index is 14.2. The molecule has 0 saturated carbocycles. The van der Waals surface area contributed by atoms with Crippen LogP contribution in [0.1, 0.15) is 71.6 Å². The Hall–Kier alpha value is -3.64. The summed E-state index contributed by atoms with van der Waals surface area (Å²) in [6, 6.07) is -2.90. The van der Waals surface area contributed by atoms with E-state index in [2.05, 4.69) is 5.32 Å². The minimum Gasteiger partial charge on any atom is -0.462 e. The Morgan fingerprint density at radius 2 is 1.30 bits per heavy atom. The third kappa shape index (κ3) is 20.1. The van der Waals surface area contributed by atoms with Gasteiger partial charge in [0.15, 0.2) is 18.4 Å². The lowest BCUT2D eigenvalue weighted by Gasteiger charge is -2.46. The standard InChI is InChI=1S/C51H80N2O21/c1-28-15-13-11-9-7-5-3-4-6-8-10-12-14-16-33(72-50-46(65)43(52)38(62)27-70-50)23-39-42(48(67)53-44-47(66)45(64)40(26-54)73-49(44)68)37(61)25-51(69,74-39)24-32(57)21-36(60)34(58)18-17-30(55)20-31(56)22-41(63)71-29(2)19-35(28)59/h3-16,28-40,42-47,49-50,54-62,64-66,68-69H,17-27,52H2,1-2H3,(H,53,67)/b4-3+,7-5+,8-6+,11-9+,12-10+,15-13+,16-14+/t28-,29-,30?,31?,32?,33-,34?,35-,36?,37-,38+,39-,40?,42+,43-,44?,45?,46-,47?,49?,50-,51+/m0/s1. The van der Waals surface area contributed by atoms with Crippen LogP contribution in [0, 0.1) is 11.8 Å². The molecule has 4 aliphatic heterocycles. The lowest BCUT2D eigenvalue weighted by Crippen LogP contribution is -2.66. The summed E-state index contributed by atoms with van der Waals surface area (Å²) in [4.78, 5) is 26.7. The number of allylic oxidation sites excluding steroid dienone is 12. The number of aliphatic hydroxyl groups is 14. The van der Waals surface area contributed by atoms with Crippen LogP contribution in [0.5, 0.6) is 0 Å². The van der Waals surface area contributed by atoms with Crippen molar-refractivity contribution in [1.29, 1.82) is 0 Å². The molecular formula is C51H80N2O21. The molecule has 4 aliphatic rings. The van der Waals surface area contributed by atoms with Crippen molar-refractivity contribution in [1.82, 2.24) is 5.32 Å². The molecule has 0 aromatic heterocycles. The second-order valence-corrected chi connectivity index (χ2v) is 19.6. The van der Waals surface area contributed by atoms with Gasteiger partial charge < -0.3 is 106 Å². The molecule has 0 radical (unpaired) electrons. The van der Waals surface area contributed by atoms with Gasteiger partial charge in [0.2, 0.25) is 5.91 Å². The van der Waals surface area contributed by atoms with E-state index in [0.29, 0.717) is 0 Å². The number of fused-ring (bicyclic) bond motifs is 2. The number of hydrogen-bond donors (Lipinski definition) is 16. The molecule has 1 amide bonds. The average molecular weight is 1060 g/mol. The Morgan fingerprint density at radius 3 is 1.92 bits per heavy atom. The molecule has 0 aromatic rings. The third-order valence-corrected chi connectivity index (χ3v) is 13.3. The molecule has 17 N–H and O–H groups in total. The molecule has 420 valence electrons. The molecule has 0 aliphatic carbocycles. The fourth-order valence-electron chi connectivity index (χ4n) is 9.02. The van der Waals surface area contributed by atoms with E-state index < -0.39 is 179 Å². The fourth-order valence-corrected chi connectivity index (χ4v) is 9.02. The first-order valence-electron chi connectivity index (χ1n) is 25.1. The zero-order valence-electron chi connectivity index (χ0n) is 41.7. The monoisotopic (exact) mass is 1060 g/mol. The quantitative estimate of drug-likeness (QED) is 0.121. The zero-order chi connectivity index (χ0) is 54.7. The highest BCUT2D eigenvalue weighted by Crippen LogP contribution is 2.38. The van der Waals surface area contributed by atoms with Crippen LogP contribution < -0.4 is 11.1 Å². The SMILES string of the molecule is C[C@H]1C[C@H](O)[C@@H](C)/C=C/C=C/C=C/C=C/C=C/C=C/C=C/[C@H](O[C@@H]2OC[C@@H](O)[C@H](N)[C@@H]2O)C[C@@H]2O[C@](O)(CC(O)CC(O)C(O)CCC(O)CC(O)CC(=O)O1)C[C@H](O)[C@H]2C(=O)NC1C(O)OC(CO)C(O)C1O. The van der Waals surface area contributed by atoms with E-state index >= 15 is 0 Å². The van der Waals surface area contributed by atoms with Gasteiger partial charge in [0.25, 0.3) is 0 Å². The molecule has 3 saturated heterocycles. The third-order valence-electron chi connectivity index (χ3n) is 13.3. The van der Waals surface area contributed by atoms with Gasteiger partial charge in [0.05, 0.1) is 92.6 Å². The Balaban J connectivity index is 1.63. The molecule has 4 rings (SSSR count). The molecule has 22 atom stereocenters. The molecule has 4 heterocycles. The number of rotatable bonds is 5. The van der Waals surface area contributed by atoms with Crippen molar-refractivity contribution >= 4 is 11.9 Å². The number of hydrogen-bond acceptors (Lipinski definition) is 22. The van der Waals surface area contributed by atoms with Crippen molar-refractivity contribution in [2.24, 2.45) is 17.6 Å². The molecular weight excluding hydrogens is 977 g/mol. The van der Waals surface area contributed by atoms with E-state index in [0.717, 1.165) is 0 Å². The Morgan fingerprint density at radius 1 is 0.689 bits per heavy atom. The van der Waals surface area contributed by atoms with E-state index in [1.807, 2.05) is 0 Å². The minimum atomic E-state index is -2.45. The number of esters is 1. The van der Waals surface area contributed by atoms with Crippen LogP contribution in [0.2, 0.25) is 0 Å². The normalized spacial score (nSPS) is 45.6. The van der Waals surface area contributed by atoms with Gasteiger partial charge in [-0.05, 0) is 26.2 Å². The van der Waals surface area contributed by atoms with E-state index in [-0.39, 0.29) is 38.2 Å². The smallest absolute Gasteiger partial charge is 0.308 e. The first-order valence-corrected chi connectivity index (χ1v) is 25.1. The van der Waals surface area contributed by atoms with Crippen molar-refractivity contribution in [2.75, 3.05) is 13.2 Å². The molecule has 23 nitrogen and oxygen atoms in total. The maximum atomic E-state index is 14.2. The summed E-state index contributed by atoms with van der Waals surface area (Å²) in [5.74, 6) is -6.23. The second-order valence-electron chi connectivity index (χ2n) is 19.6. The van der Waals surface area contributed by atoms with Crippen LogP contribution in [0.4, 0.5) is 0 Å². The number of ether oxygens (including phenoxy) is 5. The van der Waals surface area contributed by atoms with Crippen LogP contribution >= 0.6 is 0 Å². The summed E-state index contributed by atoms with van der Waals surface area (Å²) in [5, 5.41) is 153. The van der Waals surface area contributed by atoms with Gasteiger partial charge in [-0.2, -0.15) is 0 Å². The molecule has 3 fully saturated rings. The first-order chi connectivity index (χ1) is 35.0. The molecule has 0 spiro atoms. The van der Waals surface area contributed by atoms with E-state index in [9.17, 15) is 81.1 Å². The zero-order valence-corrected chi connectivity index (χ0v) is 41.7. The van der Waals surface area contributed by atoms with Gasteiger partial charge in [-0.15, -0.1) is 0 Å². The Labute approximate surface area is 430 Å². The number of amides is 1. The van der Waals surface area contributed by atoms with Gasteiger partial charge >= 0.3 is 5.97 Å². The molecule has 0 aromatic carbocycles. The van der Waals surface area contributed by atoms with Crippen LogP contribution in [0.3, 0.4) is 0 Å². The molecule has 10 unspecified atom stereocenters. The predicted molar refractivity (Wildman–Crippen MR) is 262 cm³/mol. The van der Waals surface area contributed by atoms with Crippen LogP contribution in [0.25, 0.3) is 0 Å². The van der Waals surface area contributed by atoms with Crippen molar-refractivity contribution in [3.8, 4) is 0 Å². The topological polar surface area (TPSA) is 402 Å². The Kier molecular flexibility index (Phi) is 26.3. The predicted octanol–water partition coefficient (Wildman–Crippen LogP) is -3.09. The average Bonchev–Trinajstić information content (AvgIpc) is 3.32. The molecule has 2 bridgehead atoms. The van der Waals surface area contributed by atoms with Gasteiger partial charge in [-0.3, -0.25) is 9.59 Å². The lowest BCUT2D eigenvalue weighted by molar-refractivity contribution is -0.304. The van der Waals surface area contributed by atoms with Crippen LogP contribution in [-0.4, -0.2) is 219 Å². The number of carbonyl (C=O) groups excluding carboxylic acids is 2. The molecule has 74 heavy (non-hydrogen) atoms. The maximum Gasteiger partial charge on any atom is 0.308 e. The van der Waals surface area contributed by atoms with Crippen molar-refractivity contribution in [2.45, 2.75) is 194 Å². The van der Waals surface area contributed by atoms with Crippen molar-refractivity contribution < 1.29 is 105 Å². The van der Waals surface area contributed by atoms with Gasteiger partial charge in [-0.1, -0.05) is 92.0 Å². The number of nitrogens with one attached hydrogen (secondary N) is 1. The number of cyclic esters (lactones) is 1. The minimum absolute atomic E-state index is 0.126. The summed E-state index contributed by atoms with van der Waals surface area (Å²) in [6.07, 6.45) is -4.33. The highest BCUT2D eigenvalue weighted by molar-refractivity contribution is 5.80. The van der Waals surface area contributed by atoms with E-state index in [1.54, 1.807) is 86.8 Å². The largest absolute Gasteiger partial charge is 0.462 e. The first kappa shape index (κ1) is 62.9. The van der Waals surface area contributed by atoms with Crippen LogP contribution in [-0.2, 0) is 33.3 Å². The molecule has 23 heteroatoms. The van der Waals surface area contributed by atoms with E-state index in [1.165, 1.54) is 12.2 Å². The van der Waals surface area contributed by atoms with Crippen LogP contribution in [0.15, 0.2) is 85.1 Å². The summed E-state index contributed by atoms with van der Waals surface area (Å²) < 4.78 is 28.4. The second kappa shape index (κ2) is 30.9. The number of carbonyl (C=O) groups is 2.